The molecule has 0 saturated carbocycles. The number of oxime groups is 1. The van der Waals surface area contributed by atoms with Crippen LogP contribution in [0.15, 0.2) is 23.4 Å². The summed E-state index contributed by atoms with van der Waals surface area (Å²) in [4.78, 5) is 0. The van der Waals surface area contributed by atoms with Crippen LogP contribution in [0.4, 0.5) is 17.6 Å². The van der Waals surface area contributed by atoms with Crippen LogP contribution in [0.1, 0.15) is 18.1 Å². The summed E-state index contributed by atoms with van der Waals surface area (Å²) in [5, 5.41) is 11.0. The maximum absolute atomic E-state index is 13.3. The molecule has 82 valence electrons. The van der Waals surface area contributed by atoms with Gasteiger partial charge in [0.1, 0.15) is 5.82 Å². The Hall–Kier alpha value is -1.59. The number of rotatable bonds is 1. The first-order valence-corrected chi connectivity index (χ1v) is 3.92. The van der Waals surface area contributed by atoms with Gasteiger partial charge in [-0.05, 0) is 13.0 Å². The fourth-order valence-corrected chi connectivity index (χ4v) is 1.08. The summed E-state index contributed by atoms with van der Waals surface area (Å²) in [6.07, 6.45) is -4.75. The summed E-state index contributed by atoms with van der Waals surface area (Å²) in [5.41, 5.74) is -1.95. The summed E-state index contributed by atoms with van der Waals surface area (Å²) < 4.78 is 50.1. The van der Waals surface area contributed by atoms with Crippen molar-refractivity contribution < 1.29 is 22.8 Å². The first-order valence-electron chi connectivity index (χ1n) is 3.92. The first-order chi connectivity index (χ1) is 6.88. The molecule has 15 heavy (non-hydrogen) atoms. The topological polar surface area (TPSA) is 32.6 Å². The van der Waals surface area contributed by atoms with Crippen LogP contribution in [0.5, 0.6) is 0 Å². The minimum atomic E-state index is -4.75. The van der Waals surface area contributed by atoms with Gasteiger partial charge in [-0.15, -0.1) is 0 Å². The van der Waals surface area contributed by atoms with Gasteiger partial charge in [0, 0.05) is 5.56 Å². The van der Waals surface area contributed by atoms with Crippen LogP contribution in [0.25, 0.3) is 0 Å². The minimum absolute atomic E-state index is 0.210. The van der Waals surface area contributed by atoms with Gasteiger partial charge >= 0.3 is 6.18 Å². The summed E-state index contributed by atoms with van der Waals surface area (Å²) in [7, 11) is 0. The Morgan fingerprint density at radius 2 is 1.93 bits per heavy atom. The van der Waals surface area contributed by atoms with Crippen molar-refractivity contribution in [1.29, 1.82) is 0 Å². The molecule has 0 heterocycles. The average molecular weight is 221 g/mol. The van der Waals surface area contributed by atoms with E-state index in [1.165, 1.54) is 6.92 Å². The van der Waals surface area contributed by atoms with Crippen molar-refractivity contribution >= 4 is 5.71 Å². The number of hydrogen-bond donors (Lipinski definition) is 1. The molecule has 1 aromatic carbocycles. The van der Waals surface area contributed by atoms with Gasteiger partial charge in [-0.25, -0.2) is 4.39 Å². The Balaban J connectivity index is 3.36. The highest BCUT2D eigenvalue weighted by atomic mass is 19.4. The van der Waals surface area contributed by atoms with Gasteiger partial charge in [0.15, 0.2) is 0 Å². The molecule has 6 heteroatoms. The molecule has 0 aromatic heterocycles. The molecule has 0 amide bonds. The third-order valence-electron chi connectivity index (χ3n) is 1.84. The Labute approximate surface area is 82.8 Å². The van der Waals surface area contributed by atoms with Crippen LogP contribution in [-0.4, -0.2) is 10.9 Å². The predicted octanol–water partition coefficient (Wildman–Crippen LogP) is 3.04. The second-order valence-electron chi connectivity index (χ2n) is 2.85. The molecule has 0 fully saturated rings. The summed E-state index contributed by atoms with van der Waals surface area (Å²) >= 11 is 0. The van der Waals surface area contributed by atoms with Gasteiger partial charge < -0.3 is 5.21 Å². The van der Waals surface area contributed by atoms with E-state index in [0.29, 0.717) is 6.07 Å². The predicted molar refractivity (Wildman–Crippen MR) is 45.4 cm³/mol. The lowest BCUT2D eigenvalue weighted by Crippen LogP contribution is -2.11. The van der Waals surface area contributed by atoms with Crippen molar-refractivity contribution in [2.24, 2.45) is 5.16 Å². The van der Waals surface area contributed by atoms with Crippen LogP contribution in [-0.2, 0) is 6.18 Å². The van der Waals surface area contributed by atoms with Crippen molar-refractivity contribution in [3.05, 3.63) is 35.1 Å². The highest BCUT2D eigenvalue weighted by Crippen LogP contribution is 2.32. The van der Waals surface area contributed by atoms with E-state index >= 15 is 0 Å². The first kappa shape index (κ1) is 11.5. The maximum Gasteiger partial charge on any atom is 0.419 e. The molecule has 0 spiro atoms. The van der Waals surface area contributed by atoms with E-state index in [4.69, 9.17) is 5.21 Å². The average Bonchev–Trinajstić information content (AvgIpc) is 2.15. The maximum atomic E-state index is 13.3. The number of hydrogen-bond acceptors (Lipinski definition) is 2. The second-order valence-corrected chi connectivity index (χ2v) is 2.85. The van der Waals surface area contributed by atoms with Crippen molar-refractivity contribution in [3.8, 4) is 0 Å². The number of nitrogens with zero attached hydrogens (tertiary/aromatic N) is 1. The van der Waals surface area contributed by atoms with Crippen molar-refractivity contribution in [3.63, 3.8) is 0 Å². The fourth-order valence-electron chi connectivity index (χ4n) is 1.08. The van der Waals surface area contributed by atoms with E-state index in [0.717, 1.165) is 12.1 Å². The molecule has 0 aliphatic heterocycles. The van der Waals surface area contributed by atoms with Crippen molar-refractivity contribution in [1.82, 2.24) is 0 Å². The van der Waals surface area contributed by atoms with Gasteiger partial charge in [0.2, 0.25) is 0 Å². The zero-order chi connectivity index (χ0) is 11.6. The molecule has 0 unspecified atom stereocenters. The molecular formula is C9H7F4NO. The Morgan fingerprint density at radius 3 is 2.40 bits per heavy atom. The SMILES string of the molecule is C/C(=N\O)c1cccc(C(F)(F)F)c1F. The van der Waals surface area contributed by atoms with E-state index < -0.39 is 17.6 Å². The zero-order valence-corrected chi connectivity index (χ0v) is 7.64. The third kappa shape index (κ3) is 2.26. The molecule has 0 saturated heterocycles. The monoisotopic (exact) mass is 221 g/mol. The van der Waals surface area contributed by atoms with Crippen molar-refractivity contribution in [2.45, 2.75) is 13.1 Å². The van der Waals surface area contributed by atoms with Gasteiger partial charge in [0.25, 0.3) is 0 Å². The van der Waals surface area contributed by atoms with E-state index in [2.05, 4.69) is 5.16 Å². The molecule has 0 bridgehead atoms. The molecule has 0 atom stereocenters. The van der Waals surface area contributed by atoms with Crippen molar-refractivity contribution in [2.75, 3.05) is 0 Å². The standard InChI is InChI=1S/C9H7F4NO/c1-5(14-15)6-3-2-4-7(8(6)10)9(11,12)13/h2-4,15H,1H3/b14-5+. The summed E-state index contributed by atoms with van der Waals surface area (Å²) in [5.74, 6) is -1.43. The Morgan fingerprint density at radius 1 is 1.33 bits per heavy atom. The third-order valence-corrected chi connectivity index (χ3v) is 1.84. The lowest BCUT2D eigenvalue weighted by atomic mass is 10.1. The van der Waals surface area contributed by atoms with E-state index in [1.807, 2.05) is 0 Å². The highest BCUT2D eigenvalue weighted by molar-refractivity contribution is 5.98. The highest BCUT2D eigenvalue weighted by Gasteiger charge is 2.35. The van der Waals surface area contributed by atoms with Gasteiger partial charge in [-0.2, -0.15) is 13.2 Å². The molecule has 0 aliphatic rings. The van der Waals surface area contributed by atoms with E-state index in [1.54, 1.807) is 0 Å². The molecule has 1 aromatic rings. The van der Waals surface area contributed by atoms with Gasteiger partial charge in [-0.1, -0.05) is 17.3 Å². The van der Waals surface area contributed by atoms with Crippen LogP contribution < -0.4 is 0 Å². The van der Waals surface area contributed by atoms with Gasteiger partial charge in [0.05, 0.1) is 11.3 Å². The molecule has 2 nitrogen and oxygen atoms in total. The lowest BCUT2D eigenvalue weighted by molar-refractivity contribution is -0.140. The van der Waals surface area contributed by atoms with Crippen LogP contribution in [0.2, 0.25) is 0 Å². The smallest absolute Gasteiger partial charge is 0.411 e. The van der Waals surface area contributed by atoms with E-state index in [9.17, 15) is 17.6 Å². The number of benzene rings is 1. The zero-order valence-electron chi connectivity index (χ0n) is 7.64. The molecule has 1 rings (SSSR count). The summed E-state index contributed by atoms with van der Waals surface area (Å²) in [6.45, 7) is 1.21. The normalized spacial score (nSPS) is 13.0. The van der Waals surface area contributed by atoms with Gasteiger partial charge in [-0.3, -0.25) is 0 Å². The Kier molecular flexibility index (Phi) is 2.97. The largest absolute Gasteiger partial charge is 0.419 e. The quantitative estimate of drug-likeness (QED) is 0.336. The second kappa shape index (κ2) is 3.88. The molecule has 1 N–H and O–H groups in total. The summed E-state index contributed by atoms with van der Waals surface area (Å²) in [6, 6.07) is 2.79. The minimum Gasteiger partial charge on any atom is -0.411 e. The fraction of sp³-hybridized carbons (Fsp3) is 0.222. The molecule has 0 radical (unpaired) electrons. The number of halogens is 4. The van der Waals surface area contributed by atoms with Crippen LogP contribution in [0, 0.1) is 5.82 Å². The lowest BCUT2D eigenvalue weighted by Gasteiger charge is -2.10. The number of alkyl halides is 3. The van der Waals surface area contributed by atoms with Crippen LogP contribution >= 0.6 is 0 Å². The Bertz CT molecular complexity index is 398. The van der Waals surface area contributed by atoms with Crippen LogP contribution in [0.3, 0.4) is 0 Å². The molecule has 0 aliphatic carbocycles. The van der Waals surface area contributed by atoms with E-state index in [-0.39, 0.29) is 11.3 Å². The molecular weight excluding hydrogens is 214 g/mol.